The highest BCUT2D eigenvalue weighted by Gasteiger charge is 2.05. The highest BCUT2D eigenvalue weighted by atomic mass is 79.9. The van der Waals surface area contributed by atoms with E-state index in [1.165, 1.54) is 6.07 Å². The van der Waals surface area contributed by atoms with Crippen LogP contribution in [0.3, 0.4) is 0 Å². The van der Waals surface area contributed by atoms with Gasteiger partial charge in [-0.05, 0) is 40.0 Å². The minimum atomic E-state index is -0.255. The van der Waals surface area contributed by atoms with Crippen LogP contribution in [0.1, 0.15) is 5.56 Å². The van der Waals surface area contributed by atoms with Crippen LogP contribution in [0, 0.1) is 5.82 Å². The van der Waals surface area contributed by atoms with Crippen LogP contribution < -0.4 is 5.73 Å². The molecule has 14 heavy (non-hydrogen) atoms. The average molecular weight is 262 g/mol. The van der Waals surface area contributed by atoms with Crippen LogP contribution in [0.4, 0.5) is 4.39 Å². The van der Waals surface area contributed by atoms with Crippen molar-refractivity contribution in [3.63, 3.8) is 0 Å². The molecule has 0 radical (unpaired) electrons. The molecule has 1 aromatic carbocycles. The summed E-state index contributed by atoms with van der Waals surface area (Å²) in [5.74, 6) is -0.255. The molecule has 0 fully saturated rings. The predicted octanol–water partition coefficient (Wildman–Crippen LogP) is 2.10. The van der Waals surface area contributed by atoms with Crippen molar-refractivity contribution in [1.82, 2.24) is 0 Å². The third kappa shape index (κ3) is 3.36. The van der Waals surface area contributed by atoms with Gasteiger partial charge in [-0.1, -0.05) is 6.07 Å². The third-order valence-electron chi connectivity index (χ3n) is 1.86. The maximum absolute atomic E-state index is 12.9. The lowest BCUT2D eigenvalue weighted by atomic mass is 10.1. The average Bonchev–Trinajstić information content (AvgIpc) is 2.12. The molecule has 4 heteroatoms. The Balaban J connectivity index is 2.63. The number of nitrogens with two attached hydrogens (primary N) is 1. The zero-order valence-electron chi connectivity index (χ0n) is 7.97. The van der Waals surface area contributed by atoms with E-state index in [-0.39, 0.29) is 11.9 Å². The van der Waals surface area contributed by atoms with Crippen LogP contribution >= 0.6 is 15.9 Å². The summed E-state index contributed by atoms with van der Waals surface area (Å²) in [6.07, 6.45) is 0.687. The van der Waals surface area contributed by atoms with Crippen molar-refractivity contribution in [2.45, 2.75) is 12.5 Å². The van der Waals surface area contributed by atoms with Gasteiger partial charge in [-0.15, -0.1) is 0 Å². The molecule has 0 aliphatic carbocycles. The summed E-state index contributed by atoms with van der Waals surface area (Å²) < 4.78 is 18.3. The van der Waals surface area contributed by atoms with Crippen LogP contribution in [0.2, 0.25) is 0 Å². The second-order valence-electron chi connectivity index (χ2n) is 3.17. The van der Waals surface area contributed by atoms with Gasteiger partial charge in [-0.2, -0.15) is 0 Å². The summed E-state index contributed by atoms with van der Waals surface area (Å²) in [7, 11) is 1.61. The Morgan fingerprint density at radius 1 is 1.57 bits per heavy atom. The van der Waals surface area contributed by atoms with Crippen LogP contribution in [0.15, 0.2) is 22.7 Å². The Morgan fingerprint density at radius 2 is 2.29 bits per heavy atom. The molecule has 78 valence electrons. The SMILES string of the molecule is COCC(N)Cc1ccc(F)c(Br)c1. The molecule has 0 spiro atoms. The van der Waals surface area contributed by atoms with Crippen LogP contribution in [-0.2, 0) is 11.2 Å². The lowest BCUT2D eigenvalue weighted by Gasteiger charge is -2.10. The minimum Gasteiger partial charge on any atom is -0.383 e. The van der Waals surface area contributed by atoms with E-state index in [1.54, 1.807) is 19.2 Å². The maximum atomic E-state index is 12.9. The highest BCUT2D eigenvalue weighted by molar-refractivity contribution is 9.10. The Hall–Kier alpha value is -0.450. The van der Waals surface area contributed by atoms with Crippen LogP contribution in [0.25, 0.3) is 0 Å². The van der Waals surface area contributed by atoms with E-state index in [9.17, 15) is 4.39 Å². The van der Waals surface area contributed by atoms with Crippen LogP contribution in [0.5, 0.6) is 0 Å². The van der Waals surface area contributed by atoms with E-state index < -0.39 is 0 Å². The van der Waals surface area contributed by atoms with Crippen molar-refractivity contribution in [3.05, 3.63) is 34.1 Å². The van der Waals surface area contributed by atoms with Gasteiger partial charge < -0.3 is 10.5 Å². The molecular weight excluding hydrogens is 249 g/mol. The van der Waals surface area contributed by atoms with Gasteiger partial charge in [0.25, 0.3) is 0 Å². The topological polar surface area (TPSA) is 35.2 Å². The summed E-state index contributed by atoms with van der Waals surface area (Å²) in [6.45, 7) is 0.509. The van der Waals surface area contributed by atoms with Gasteiger partial charge in [-0.3, -0.25) is 0 Å². The summed E-state index contributed by atoms with van der Waals surface area (Å²) in [6, 6.07) is 4.86. The number of benzene rings is 1. The van der Waals surface area contributed by atoms with Crippen molar-refractivity contribution in [2.75, 3.05) is 13.7 Å². The number of hydrogen-bond donors (Lipinski definition) is 1. The first-order valence-corrected chi connectivity index (χ1v) is 5.11. The molecule has 2 N–H and O–H groups in total. The number of hydrogen-bond acceptors (Lipinski definition) is 2. The molecule has 1 unspecified atom stereocenters. The number of halogens is 2. The molecule has 0 amide bonds. The fourth-order valence-corrected chi connectivity index (χ4v) is 1.67. The second-order valence-corrected chi connectivity index (χ2v) is 4.02. The Bertz CT molecular complexity index is 306. The van der Waals surface area contributed by atoms with Gasteiger partial charge >= 0.3 is 0 Å². The zero-order valence-corrected chi connectivity index (χ0v) is 9.55. The Labute approximate surface area is 91.4 Å². The summed E-state index contributed by atoms with van der Waals surface area (Å²) >= 11 is 3.13. The largest absolute Gasteiger partial charge is 0.383 e. The first-order chi connectivity index (χ1) is 6.63. The van der Waals surface area contributed by atoms with Gasteiger partial charge in [0.15, 0.2) is 0 Å². The third-order valence-corrected chi connectivity index (χ3v) is 2.47. The predicted molar refractivity (Wildman–Crippen MR) is 57.7 cm³/mol. The molecule has 1 atom stereocenters. The van der Waals surface area contributed by atoms with Crippen LogP contribution in [-0.4, -0.2) is 19.8 Å². The second kappa shape index (κ2) is 5.44. The molecule has 0 bridgehead atoms. The van der Waals surface area contributed by atoms with E-state index >= 15 is 0 Å². The standard InChI is InChI=1S/C10H13BrFNO/c1-14-6-8(13)4-7-2-3-10(12)9(11)5-7/h2-3,5,8H,4,6,13H2,1H3. The lowest BCUT2D eigenvalue weighted by Crippen LogP contribution is -2.27. The van der Waals surface area contributed by atoms with Crippen molar-refractivity contribution in [2.24, 2.45) is 5.73 Å². The molecule has 0 aromatic heterocycles. The fourth-order valence-electron chi connectivity index (χ4n) is 1.24. The number of ether oxygens (including phenoxy) is 1. The maximum Gasteiger partial charge on any atom is 0.137 e. The number of rotatable bonds is 4. The van der Waals surface area contributed by atoms with Crippen molar-refractivity contribution < 1.29 is 9.13 Å². The highest BCUT2D eigenvalue weighted by Crippen LogP contribution is 2.17. The molecule has 0 aliphatic rings. The smallest absolute Gasteiger partial charge is 0.137 e. The minimum absolute atomic E-state index is 0.0441. The van der Waals surface area contributed by atoms with Gasteiger partial charge in [0.1, 0.15) is 5.82 Å². The zero-order chi connectivity index (χ0) is 10.6. The van der Waals surface area contributed by atoms with Gasteiger partial charge in [-0.25, -0.2) is 4.39 Å². The quantitative estimate of drug-likeness (QED) is 0.901. The molecule has 1 aromatic rings. The normalized spacial score (nSPS) is 12.9. The molecule has 0 saturated heterocycles. The summed E-state index contributed by atoms with van der Waals surface area (Å²) in [4.78, 5) is 0. The number of methoxy groups -OCH3 is 1. The van der Waals surface area contributed by atoms with E-state index in [0.29, 0.717) is 17.5 Å². The monoisotopic (exact) mass is 261 g/mol. The molecule has 0 heterocycles. The van der Waals surface area contributed by atoms with Gasteiger partial charge in [0, 0.05) is 13.2 Å². The van der Waals surface area contributed by atoms with E-state index in [1.807, 2.05) is 0 Å². The van der Waals surface area contributed by atoms with E-state index in [0.717, 1.165) is 5.56 Å². The van der Waals surface area contributed by atoms with Crippen molar-refractivity contribution >= 4 is 15.9 Å². The first kappa shape index (κ1) is 11.6. The van der Waals surface area contributed by atoms with Gasteiger partial charge in [0.2, 0.25) is 0 Å². The molecule has 1 rings (SSSR count). The molecular formula is C10H13BrFNO. The van der Waals surface area contributed by atoms with Crippen molar-refractivity contribution in [3.8, 4) is 0 Å². The van der Waals surface area contributed by atoms with E-state index in [4.69, 9.17) is 10.5 Å². The lowest BCUT2D eigenvalue weighted by molar-refractivity contribution is 0.180. The molecule has 0 aliphatic heterocycles. The fraction of sp³-hybridized carbons (Fsp3) is 0.400. The van der Waals surface area contributed by atoms with E-state index in [2.05, 4.69) is 15.9 Å². The first-order valence-electron chi connectivity index (χ1n) is 4.32. The molecule has 2 nitrogen and oxygen atoms in total. The Morgan fingerprint density at radius 3 is 2.86 bits per heavy atom. The summed E-state index contributed by atoms with van der Waals surface area (Å²) in [5, 5.41) is 0. The Kier molecular flexibility index (Phi) is 4.51. The van der Waals surface area contributed by atoms with Gasteiger partial charge in [0.05, 0.1) is 11.1 Å². The summed E-state index contributed by atoms with van der Waals surface area (Å²) in [5.41, 5.74) is 6.77. The van der Waals surface area contributed by atoms with Crippen molar-refractivity contribution in [1.29, 1.82) is 0 Å². The molecule has 0 saturated carbocycles.